The van der Waals surface area contributed by atoms with E-state index >= 15 is 0 Å². The molecule has 10 heteroatoms. The Kier molecular flexibility index (Phi) is 4.86. The summed E-state index contributed by atoms with van der Waals surface area (Å²) in [5, 5.41) is 8.16. The van der Waals surface area contributed by atoms with Crippen molar-refractivity contribution in [2.24, 2.45) is 24.3 Å². The minimum atomic E-state index is -0.490. The summed E-state index contributed by atoms with van der Waals surface area (Å²) in [5.74, 6) is -0.166. The number of azo groups is 1. The van der Waals surface area contributed by atoms with E-state index in [1.165, 1.54) is 0 Å². The zero-order valence-corrected chi connectivity index (χ0v) is 15.7. The van der Waals surface area contributed by atoms with E-state index in [-0.39, 0.29) is 17.5 Å². The van der Waals surface area contributed by atoms with Gasteiger partial charge in [-0.25, -0.2) is 14.2 Å². The lowest BCUT2D eigenvalue weighted by molar-refractivity contribution is 0.122. The van der Waals surface area contributed by atoms with E-state index in [4.69, 9.17) is 4.74 Å². The van der Waals surface area contributed by atoms with E-state index in [2.05, 4.69) is 20.2 Å². The monoisotopic (exact) mass is 385 g/mol. The molecular weight excluding hydrogens is 365 g/mol. The fourth-order valence-electron chi connectivity index (χ4n) is 3.23. The van der Waals surface area contributed by atoms with Crippen molar-refractivity contribution in [1.29, 1.82) is 0 Å². The molecule has 1 aliphatic heterocycles. The number of hydrogen-bond donors (Lipinski definition) is 0. The summed E-state index contributed by atoms with van der Waals surface area (Å²) in [4.78, 5) is 21.9. The first-order chi connectivity index (χ1) is 13.5. The molecule has 4 rings (SSSR count). The van der Waals surface area contributed by atoms with Gasteiger partial charge in [0.05, 0.1) is 37.0 Å². The van der Waals surface area contributed by atoms with Crippen LogP contribution in [0.25, 0.3) is 11.0 Å². The van der Waals surface area contributed by atoms with Gasteiger partial charge >= 0.3 is 5.69 Å². The molecule has 9 nitrogen and oxygen atoms in total. The predicted octanol–water partition coefficient (Wildman–Crippen LogP) is 1.93. The number of benzene rings is 1. The molecule has 0 amide bonds. The van der Waals surface area contributed by atoms with E-state index < -0.39 is 5.82 Å². The maximum absolute atomic E-state index is 14.1. The number of halogens is 1. The smallest absolute Gasteiger partial charge is 0.328 e. The third-order valence-electron chi connectivity index (χ3n) is 4.77. The van der Waals surface area contributed by atoms with Crippen molar-refractivity contribution in [3.8, 4) is 0 Å². The molecule has 3 aromatic rings. The third kappa shape index (κ3) is 3.38. The van der Waals surface area contributed by atoms with Gasteiger partial charge in [-0.2, -0.15) is 10.1 Å². The maximum atomic E-state index is 14.1. The highest BCUT2D eigenvalue weighted by Crippen LogP contribution is 2.20. The number of aryl methyl sites for hydroxylation is 2. The summed E-state index contributed by atoms with van der Waals surface area (Å²) in [6, 6.07) is 5.68. The predicted molar refractivity (Wildman–Crippen MR) is 101 cm³/mol. The van der Waals surface area contributed by atoms with E-state index in [0.717, 1.165) is 22.8 Å². The molecule has 0 saturated carbocycles. The normalized spacial score (nSPS) is 15.0. The zero-order valence-electron chi connectivity index (χ0n) is 15.7. The van der Waals surface area contributed by atoms with Crippen LogP contribution in [0, 0.1) is 5.82 Å². The van der Waals surface area contributed by atoms with E-state index in [9.17, 15) is 9.18 Å². The summed E-state index contributed by atoms with van der Waals surface area (Å²) < 4.78 is 22.5. The van der Waals surface area contributed by atoms with Crippen LogP contribution >= 0.6 is 0 Å². The lowest BCUT2D eigenvalue weighted by Gasteiger charge is -2.27. The second-order valence-electron chi connectivity index (χ2n) is 6.56. The maximum Gasteiger partial charge on any atom is 0.328 e. The molecule has 1 fully saturated rings. The number of imidazole rings is 1. The molecule has 28 heavy (non-hydrogen) atoms. The number of hydrogen-bond acceptors (Lipinski definition) is 7. The molecule has 0 radical (unpaired) electrons. The molecule has 0 atom stereocenters. The summed E-state index contributed by atoms with van der Waals surface area (Å²) in [7, 11) is 3.47. The van der Waals surface area contributed by atoms with Crippen molar-refractivity contribution in [3.05, 3.63) is 46.3 Å². The average molecular weight is 385 g/mol. The fourth-order valence-corrected chi connectivity index (χ4v) is 3.23. The van der Waals surface area contributed by atoms with E-state index in [1.54, 1.807) is 23.2 Å². The second kappa shape index (κ2) is 7.47. The van der Waals surface area contributed by atoms with Crippen molar-refractivity contribution in [1.82, 2.24) is 19.1 Å². The molecule has 1 aromatic carbocycles. The zero-order chi connectivity index (χ0) is 19.7. The number of nitrogens with zero attached hydrogens (tertiary/aromatic N) is 7. The van der Waals surface area contributed by atoms with Crippen LogP contribution in [0.15, 0.2) is 39.4 Å². The molecule has 0 N–H and O–H groups in total. The Balaban J connectivity index is 1.53. The van der Waals surface area contributed by atoms with Crippen molar-refractivity contribution < 1.29 is 9.13 Å². The quantitative estimate of drug-likeness (QED) is 0.640. The van der Waals surface area contributed by atoms with E-state index in [0.29, 0.717) is 32.8 Å². The summed E-state index contributed by atoms with van der Waals surface area (Å²) in [6.07, 6.45) is 1.11. The molecule has 146 valence electrons. The number of aromatic nitrogens is 4. The molecule has 0 spiro atoms. The number of anilines is 1. The van der Waals surface area contributed by atoms with Crippen LogP contribution in [0.5, 0.6) is 0 Å². The first kappa shape index (κ1) is 18.2. The third-order valence-corrected chi connectivity index (χ3v) is 4.77. The van der Waals surface area contributed by atoms with Crippen molar-refractivity contribution in [3.63, 3.8) is 0 Å². The largest absolute Gasteiger partial charge is 0.378 e. The van der Waals surface area contributed by atoms with Crippen LogP contribution in [-0.2, 0) is 25.4 Å². The summed E-state index contributed by atoms with van der Waals surface area (Å²) >= 11 is 0. The van der Waals surface area contributed by atoms with Crippen LogP contribution in [0.4, 0.5) is 16.2 Å². The molecule has 0 unspecified atom stereocenters. The van der Waals surface area contributed by atoms with Crippen molar-refractivity contribution >= 4 is 22.8 Å². The summed E-state index contributed by atoms with van der Waals surface area (Å²) in [6.45, 7) is 2.50. The van der Waals surface area contributed by atoms with Gasteiger partial charge in [0.2, 0.25) is 0 Å². The van der Waals surface area contributed by atoms with Gasteiger partial charge in [-0.05, 0) is 17.7 Å². The molecule has 1 aliphatic rings. The van der Waals surface area contributed by atoms with Crippen molar-refractivity contribution in [2.45, 2.75) is 6.54 Å². The minimum absolute atomic E-state index is 0.0795. The lowest BCUT2D eigenvalue weighted by Crippen LogP contribution is -2.37. The molecule has 0 bridgehead atoms. The van der Waals surface area contributed by atoms with Gasteiger partial charge < -0.3 is 9.64 Å². The first-order valence-electron chi connectivity index (χ1n) is 8.91. The van der Waals surface area contributed by atoms with Crippen molar-refractivity contribution in [2.75, 3.05) is 31.2 Å². The number of fused-ring (bicyclic) bond motifs is 1. The van der Waals surface area contributed by atoms with Gasteiger partial charge in [0.15, 0.2) is 11.6 Å². The van der Waals surface area contributed by atoms with Gasteiger partial charge in [0.25, 0.3) is 5.95 Å². The Labute approximate surface area is 160 Å². The highest BCUT2D eigenvalue weighted by atomic mass is 19.1. The van der Waals surface area contributed by atoms with Crippen LogP contribution in [0.3, 0.4) is 0 Å². The first-order valence-corrected chi connectivity index (χ1v) is 8.91. The van der Waals surface area contributed by atoms with Gasteiger partial charge in [-0.3, -0.25) is 9.13 Å². The second-order valence-corrected chi connectivity index (χ2v) is 6.56. The van der Waals surface area contributed by atoms with Crippen LogP contribution in [0.2, 0.25) is 0 Å². The Bertz CT molecular complexity index is 1100. The van der Waals surface area contributed by atoms with Gasteiger partial charge in [0, 0.05) is 27.2 Å². The lowest BCUT2D eigenvalue weighted by atomic mass is 10.2. The Morgan fingerprint density at radius 3 is 2.71 bits per heavy atom. The van der Waals surface area contributed by atoms with Crippen LogP contribution in [0.1, 0.15) is 5.56 Å². The standard InChI is InChI=1S/C18H20FN7O2/c1-24-14-4-3-12(9-15(14)25(2)18(24)27)10-21-23-17-20-11-13(19)16(22-17)26-5-7-28-8-6-26/h3-4,9,11H,5-8,10H2,1-2H3. The Morgan fingerprint density at radius 2 is 1.93 bits per heavy atom. The highest BCUT2D eigenvalue weighted by molar-refractivity contribution is 5.76. The molecule has 1 saturated heterocycles. The average Bonchev–Trinajstić information content (AvgIpc) is 2.94. The molecular formula is C18H20FN7O2. The van der Waals surface area contributed by atoms with Gasteiger partial charge in [-0.1, -0.05) is 6.07 Å². The van der Waals surface area contributed by atoms with E-state index in [1.807, 2.05) is 23.1 Å². The van der Waals surface area contributed by atoms with Crippen LogP contribution < -0.4 is 10.6 Å². The number of ether oxygens (including phenoxy) is 1. The molecule has 2 aromatic heterocycles. The van der Waals surface area contributed by atoms with Gasteiger partial charge in [-0.15, -0.1) is 5.11 Å². The fraction of sp³-hybridized carbons (Fsp3) is 0.389. The van der Waals surface area contributed by atoms with Crippen LogP contribution in [-0.4, -0.2) is 45.4 Å². The topological polar surface area (TPSA) is 89.9 Å². The Hall–Kier alpha value is -3.14. The highest BCUT2D eigenvalue weighted by Gasteiger charge is 2.17. The van der Waals surface area contributed by atoms with Gasteiger partial charge in [0.1, 0.15) is 0 Å². The molecule has 0 aliphatic carbocycles. The Morgan fingerprint density at radius 1 is 1.18 bits per heavy atom. The number of rotatable bonds is 4. The SMILES string of the molecule is Cn1c(=O)n(C)c2cc(CN=Nc3ncc(F)c(N4CCOCC4)n3)ccc21. The number of morpholine rings is 1. The summed E-state index contributed by atoms with van der Waals surface area (Å²) in [5.41, 5.74) is 2.50. The minimum Gasteiger partial charge on any atom is -0.378 e. The molecule has 3 heterocycles.